The molecule has 0 saturated heterocycles. The summed E-state index contributed by atoms with van der Waals surface area (Å²) in [6, 6.07) is 4.56. The minimum atomic E-state index is -3.83. The molecule has 2 aromatic rings. The van der Waals surface area contributed by atoms with Gasteiger partial charge >= 0.3 is 0 Å². The minimum absolute atomic E-state index is 0.0829. The van der Waals surface area contributed by atoms with Gasteiger partial charge in [0.2, 0.25) is 10.0 Å². The number of anilines is 2. The van der Waals surface area contributed by atoms with Crippen LogP contribution in [0.15, 0.2) is 29.4 Å². The zero-order chi connectivity index (χ0) is 13.2. The van der Waals surface area contributed by atoms with E-state index < -0.39 is 10.0 Å². The highest BCUT2D eigenvalue weighted by Gasteiger charge is 2.14. The van der Waals surface area contributed by atoms with E-state index in [4.69, 9.17) is 10.9 Å². The van der Waals surface area contributed by atoms with Crippen LogP contribution in [0.1, 0.15) is 5.82 Å². The first kappa shape index (κ1) is 12.3. The monoisotopic (exact) mass is 268 g/mol. The second-order valence-electron chi connectivity index (χ2n) is 3.55. The van der Waals surface area contributed by atoms with Crippen LogP contribution in [-0.2, 0) is 16.6 Å². The normalized spacial score (nSPS) is 11.4. The topological polar surface area (TPSA) is 140 Å². The molecule has 18 heavy (non-hydrogen) atoms. The summed E-state index contributed by atoms with van der Waals surface area (Å²) in [5.41, 5.74) is 6.29. The first-order valence-corrected chi connectivity index (χ1v) is 6.52. The van der Waals surface area contributed by atoms with Gasteiger partial charge in [-0.2, -0.15) is 5.10 Å². The highest BCUT2D eigenvalue weighted by molar-refractivity contribution is 7.89. The first-order valence-electron chi connectivity index (χ1n) is 4.98. The molecule has 1 aromatic carbocycles. The van der Waals surface area contributed by atoms with E-state index in [1.54, 1.807) is 12.1 Å². The second-order valence-corrected chi connectivity index (χ2v) is 5.08. The van der Waals surface area contributed by atoms with Crippen LogP contribution in [0.3, 0.4) is 0 Å². The second kappa shape index (κ2) is 4.63. The molecule has 0 aliphatic carbocycles. The van der Waals surface area contributed by atoms with Crippen LogP contribution in [0.5, 0.6) is 0 Å². The molecule has 0 aliphatic rings. The first-order chi connectivity index (χ1) is 8.48. The number of aromatic nitrogens is 3. The van der Waals surface area contributed by atoms with Crippen LogP contribution < -0.4 is 16.2 Å². The van der Waals surface area contributed by atoms with Crippen molar-refractivity contribution in [1.29, 1.82) is 0 Å². The molecular formula is C9H12N6O2S. The summed E-state index contributed by atoms with van der Waals surface area (Å²) in [6.45, 7) is 0.346. The van der Waals surface area contributed by atoms with E-state index in [-0.39, 0.29) is 10.6 Å². The average Bonchev–Trinajstić information content (AvgIpc) is 2.79. The minimum Gasteiger partial charge on any atom is -0.396 e. The molecule has 0 spiro atoms. The molecule has 9 heteroatoms. The number of sulfonamides is 1. The number of nitrogens with zero attached hydrogens (tertiary/aromatic N) is 2. The maximum Gasteiger partial charge on any atom is 0.240 e. The van der Waals surface area contributed by atoms with Gasteiger partial charge in [0.15, 0.2) is 0 Å². The van der Waals surface area contributed by atoms with Gasteiger partial charge in [-0.05, 0) is 12.1 Å². The maximum absolute atomic E-state index is 11.3. The lowest BCUT2D eigenvalue weighted by Gasteiger charge is -2.10. The van der Waals surface area contributed by atoms with Crippen molar-refractivity contribution in [3.63, 3.8) is 0 Å². The van der Waals surface area contributed by atoms with Gasteiger partial charge in [-0.15, -0.1) is 0 Å². The number of primary sulfonamides is 1. The third-order valence-corrected chi connectivity index (χ3v) is 3.25. The fourth-order valence-corrected chi connectivity index (χ4v) is 2.13. The number of rotatable bonds is 4. The molecule has 0 saturated carbocycles. The Bertz CT molecular complexity index is 637. The summed E-state index contributed by atoms with van der Waals surface area (Å²) in [6.07, 6.45) is 1.38. The van der Waals surface area contributed by atoms with Crippen molar-refractivity contribution in [1.82, 2.24) is 15.2 Å². The lowest BCUT2D eigenvalue weighted by Crippen LogP contribution is -2.15. The lowest BCUT2D eigenvalue weighted by molar-refractivity contribution is 0.598. The van der Waals surface area contributed by atoms with E-state index >= 15 is 0 Å². The smallest absolute Gasteiger partial charge is 0.240 e. The third-order valence-electron chi connectivity index (χ3n) is 2.28. The van der Waals surface area contributed by atoms with Gasteiger partial charge < -0.3 is 11.1 Å². The molecular weight excluding hydrogens is 256 g/mol. The van der Waals surface area contributed by atoms with E-state index in [2.05, 4.69) is 20.5 Å². The van der Waals surface area contributed by atoms with Gasteiger partial charge in [-0.1, -0.05) is 6.07 Å². The number of nitrogens with one attached hydrogen (secondary N) is 2. The molecule has 0 unspecified atom stereocenters. The Labute approximate surface area is 103 Å². The van der Waals surface area contributed by atoms with Crippen molar-refractivity contribution in [3.8, 4) is 0 Å². The van der Waals surface area contributed by atoms with Gasteiger partial charge in [0, 0.05) is 0 Å². The third kappa shape index (κ3) is 2.57. The predicted octanol–water partition coefficient (Wildman–Crippen LogP) is -0.354. The van der Waals surface area contributed by atoms with Crippen molar-refractivity contribution in [2.75, 3.05) is 11.1 Å². The zero-order valence-corrected chi connectivity index (χ0v) is 10.1. The van der Waals surface area contributed by atoms with Crippen LogP contribution in [0.2, 0.25) is 0 Å². The number of aromatic amines is 1. The highest BCUT2D eigenvalue weighted by Crippen LogP contribution is 2.25. The number of nitrogens with two attached hydrogens (primary N) is 2. The maximum atomic E-state index is 11.3. The summed E-state index contributed by atoms with van der Waals surface area (Å²) in [4.78, 5) is 3.81. The van der Waals surface area contributed by atoms with E-state index in [0.717, 1.165) is 0 Å². The number of H-pyrrole nitrogens is 1. The highest BCUT2D eigenvalue weighted by atomic mass is 32.2. The van der Waals surface area contributed by atoms with Gasteiger partial charge in [-0.3, -0.25) is 5.10 Å². The average molecular weight is 268 g/mol. The summed E-state index contributed by atoms with van der Waals surface area (Å²) >= 11 is 0. The molecule has 6 N–H and O–H groups in total. The van der Waals surface area contributed by atoms with Gasteiger partial charge in [-0.25, -0.2) is 18.5 Å². The lowest BCUT2D eigenvalue weighted by atomic mass is 10.2. The molecule has 1 heterocycles. The van der Waals surface area contributed by atoms with Crippen molar-refractivity contribution >= 4 is 21.4 Å². The van der Waals surface area contributed by atoms with Crippen LogP contribution in [0, 0.1) is 0 Å². The van der Waals surface area contributed by atoms with Crippen LogP contribution in [-0.4, -0.2) is 23.6 Å². The van der Waals surface area contributed by atoms with Crippen LogP contribution in [0.4, 0.5) is 11.4 Å². The van der Waals surface area contributed by atoms with Crippen molar-refractivity contribution < 1.29 is 8.42 Å². The molecule has 0 fully saturated rings. The molecule has 0 atom stereocenters. The number of hydrogen-bond acceptors (Lipinski definition) is 6. The van der Waals surface area contributed by atoms with Crippen molar-refractivity contribution in [2.45, 2.75) is 11.4 Å². The number of nitrogen functional groups attached to an aromatic ring is 1. The van der Waals surface area contributed by atoms with Gasteiger partial charge in [0.1, 0.15) is 17.0 Å². The Balaban J connectivity index is 2.24. The molecule has 0 aliphatic heterocycles. The Morgan fingerprint density at radius 2 is 2.17 bits per heavy atom. The summed E-state index contributed by atoms with van der Waals surface area (Å²) in [5, 5.41) is 14.4. The molecule has 0 radical (unpaired) electrons. The van der Waals surface area contributed by atoms with Crippen molar-refractivity contribution in [2.24, 2.45) is 5.14 Å². The predicted molar refractivity (Wildman–Crippen MR) is 65.9 cm³/mol. The fourth-order valence-electron chi connectivity index (χ4n) is 1.44. The summed E-state index contributed by atoms with van der Waals surface area (Å²) < 4.78 is 22.6. The zero-order valence-electron chi connectivity index (χ0n) is 9.29. The number of benzene rings is 1. The largest absolute Gasteiger partial charge is 0.396 e. The molecule has 8 nitrogen and oxygen atoms in total. The number of para-hydroxylation sites is 1. The van der Waals surface area contributed by atoms with E-state index in [1.165, 1.54) is 12.4 Å². The van der Waals surface area contributed by atoms with Crippen molar-refractivity contribution in [3.05, 3.63) is 30.4 Å². The number of hydrogen-bond donors (Lipinski definition) is 4. The Hall–Kier alpha value is -2.13. The Morgan fingerprint density at radius 3 is 2.78 bits per heavy atom. The van der Waals surface area contributed by atoms with E-state index in [9.17, 15) is 8.42 Å². The SMILES string of the molecule is Nc1c(NCc2ncn[nH]2)cccc1S(N)(=O)=O. The summed E-state index contributed by atoms with van der Waals surface area (Å²) in [5.74, 6) is 0.607. The fraction of sp³-hybridized carbons (Fsp3) is 0.111. The Morgan fingerprint density at radius 1 is 1.39 bits per heavy atom. The van der Waals surface area contributed by atoms with Crippen LogP contribution >= 0.6 is 0 Å². The molecule has 2 rings (SSSR count). The van der Waals surface area contributed by atoms with Gasteiger partial charge in [0.05, 0.1) is 17.9 Å². The van der Waals surface area contributed by atoms with E-state index in [1.807, 2.05) is 0 Å². The Kier molecular flexibility index (Phi) is 3.17. The molecule has 96 valence electrons. The standard InChI is InChI=1S/C9H12N6O2S/c10-9-6(12-4-8-13-5-14-15-8)2-1-3-7(9)18(11,16)17/h1-3,5,12H,4,10H2,(H2,11,16,17)(H,13,14,15). The van der Waals surface area contributed by atoms with Gasteiger partial charge in [0.25, 0.3) is 0 Å². The molecule has 1 aromatic heterocycles. The van der Waals surface area contributed by atoms with E-state index in [0.29, 0.717) is 18.1 Å². The van der Waals surface area contributed by atoms with Crippen LogP contribution in [0.25, 0.3) is 0 Å². The molecule has 0 amide bonds. The summed E-state index contributed by atoms with van der Waals surface area (Å²) in [7, 11) is -3.83. The molecule has 0 bridgehead atoms. The quantitative estimate of drug-likeness (QED) is 0.558.